The fraction of sp³-hybridized carbons (Fsp3) is 0.625. The van der Waals surface area contributed by atoms with Gasteiger partial charge >= 0.3 is 0 Å². The first-order valence-corrected chi connectivity index (χ1v) is 4.07. The lowest BCUT2D eigenvalue weighted by molar-refractivity contribution is 0.282. The van der Waals surface area contributed by atoms with Crippen LogP contribution < -0.4 is 11.1 Å². The van der Waals surface area contributed by atoms with Crippen molar-refractivity contribution in [3.8, 4) is 0 Å². The second-order valence-electron chi connectivity index (χ2n) is 2.82. The molecule has 0 amide bonds. The van der Waals surface area contributed by atoms with Gasteiger partial charge in [-0.15, -0.1) is 0 Å². The minimum atomic E-state index is 0.211. The minimum Gasteiger partial charge on any atom is -0.482 e. The summed E-state index contributed by atoms with van der Waals surface area (Å²) in [6, 6.07) is 0.211. The van der Waals surface area contributed by atoms with E-state index >= 15 is 0 Å². The Balaban J connectivity index is 2.72. The molecule has 68 valence electrons. The molecule has 0 aliphatic carbocycles. The van der Waals surface area contributed by atoms with Crippen molar-refractivity contribution in [1.29, 1.82) is 5.41 Å². The first-order chi connectivity index (χ1) is 5.79. The van der Waals surface area contributed by atoms with Crippen LogP contribution in [0.3, 0.4) is 0 Å². The van der Waals surface area contributed by atoms with Crippen molar-refractivity contribution in [3.05, 3.63) is 11.5 Å². The summed E-state index contributed by atoms with van der Waals surface area (Å²) >= 11 is 0. The largest absolute Gasteiger partial charge is 0.482 e. The number of hydrogen-bond acceptors (Lipinski definition) is 4. The lowest BCUT2D eigenvalue weighted by atomic mass is 10.1. The zero-order chi connectivity index (χ0) is 8.97. The Hall–Kier alpha value is -1.03. The van der Waals surface area contributed by atoms with Crippen molar-refractivity contribution in [2.75, 3.05) is 13.7 Å². The predicted molar refractivity (Wildman–Crippen MR) is 48.0 cm³/mol. The monoisotopic (exact) mass is 169 g/mol. The van der Waals surface area contributed by atoms with Crippen LogP contribution in [0, 0.1) is 5.41 Å². The van der Waals surface area contributed by atoms with E-state index in [0.29, 0.717) is 5.88 Å². The summed E-state index contributed by atoms with van der Waals surface area (Å²) in [7, 11) is 1.52. The van der Waals surface area contributed by atoms with Crippen LogP contribution in [-0.4, -0.2) is 25.9 Å². The molecule has 4 nitrogen and oxygen atoms in total. The molecule has 1 atom stereocenters. The first-order valence-electron chi connectivity index (χ1n) is 4.07. The standard InChI is InChI=1S/C8H15N3O/c1-12-8(10)6(5-9)7-3-2-4-11-7/h5,7,9,11H,2-4,10H2,1H3. The zero-order valence-corrected chi connectivity index (χ0v) is 7.26. The molecule has 0 aromatic rings. The van der Waals surface area contributed by atoms with Gasteiger partial charge in [-0.25, -0.2) is 0 Å². The third kappa shape index (κ3) is 1.76. The first kappa shape index (κ1) is 9.06. The van der Waals surface area contributed by atoms with Gasteiger partial charge in [-0.2, -0.15) is 0 Å². The maximum Gasteiger partial charge on any atom is 0.190 e. The molecule has 4 N–H and O–H groups in total. The van der Waals surface area contributed by atoms with E-state index in [1.165, 1.54) is 13.3 Å². The average molecular weight is 169 g/mol. The maximum atomic E-state index is 7.18. The second kappa shape index (κ2) is 4.11. The summed E-state index contributed by atoms with van der Waals surface area (Å²) in [6.45, 7) is 0.999. The number of nitrogens with two attached hydrogens (primary N) is 1. The van der Waals surface area contributed by atoms with Gasteiger partial charge in [0.2, 0.25) is 0 Å². The van der Waals surface area contributed by atoms with E-state index in [-0.39, 0.29) is 6.04 Å². The van der Waals surface area contributed by atoms with Gasteiger partial charge in [0.05, 0.1) is 7.11 Å². The van der Waals surface area contributed by atoms with Crippen molar-refractivity contribution in [1.82, 2.24) is 5.32 Å². The van der Waals surface area contributed by atoms with Gasteiger partial charge in [-0.1, -0.05) is 0 Å². The van der Waals surface area contributed by atoms with Crippen LogP contribution in [-0.2, 0) is 4.74 Å². The van der Waals surface area contributed by atoms with Crippen molar-refractivity contribution < 1.29 is 4.74 Å². The van der Waals surface area contributed by atoms with Crippen LogP contribution in [0.5, 0.6) is 0 Å². The van der Waals surface area contributed by atoms with Gasteiger partial charge in [0, 0.05) is 17.8 Å². The topological polar surface area (TPSA) is 71.1 Å². The number of hydrogen-bond donors (Lipinski definition) is 3. The molecule has 0 saturated carbocycles. The summed E-state index contributed by atoms with van der Waals surface area (Å²) in [5, 5.41) is 10.4. The van der Waals surface area contributed by atoms with E-state index in [1.807, 2.05) is 0 Å². The highest BCUT2D eigenvalue weighted by molar-refractivity contribution is 5.78. The Morgan fingerprint density at radius 3 is 2.92 bits per heavy atom. The predicted octanol–water partition coefficient (Wildman–Crippen LogP) is 0.205. The van der Waals surface area contributed by atoms with E-state index in [0.717, 1.165) is 25.0 Å². The highest BCUT2D eigenvalue weighted by atomic mass is 16.5. The van der Waals surface area contributed by atoms with Gasteiger partial charge in [0.15, 0.2) is 5.88 Å². The van der Waals surface area contributed by atoms with Crippen LogP contribution in [0.4, 0.5) is 0 Å². The summed E-state index contributed by atoms with van der Waals surface area (Å²) in [5.74, 6) is 0.351. The summed E-state index contributed by atoms with van der Waals surface area (Å²) in [4.78, 5) is 0. The Bertz CT molecular complexity index is 194. The van der Waals surface area contributed by atoms with Gasteiger partial charge in [-0.3, -0.25) is 0 Å². The molecule has 12 heavy (non-hydrogen) atoms. The molecule has 1 rings (SSSR count). The summed E-state index contributed by atoms with van der Waals surface area (Å²) in [5.41, 5.74) is 6.33. The number of nitrogens with one attached hydrogen (secondary N) is 2. The number of rotatable bonds is 3. The van der Waals surface area contributed by atoms with Gasteiger partial charge < -0.3 is 21.2 Å². The Morgan fingerprint density at radius 2 is 2.50 bits per heavy atom. The zero-order valence-electron chi connectivity index (χ0n) is 7.26. The fourth-order valence-electron chi connectivity index (χ4n) is 1.41. The Kier molecular flexibility index (Phi) is 3.10. The second-order valence-corrected chi connectivity index (χ2v) is 2.82. The Labute approximate surface area is 72.3 Å². The molecular formula is C8H15N3O. The third-order valence-corrected chi connectivity index (χ3v) is 2.10. The van der Waals surface area contributed by atoms with E-state index < -0.39 is 0 Å². The van der Waals surface area contributed by atoms with Gasteiger partial charge in [0.25, 0.3) is 0 Å². The molecule has 1 heterocycles. The number of methoxy groups -OCH3 is 1. The molecule has 1 aliphatic rings. The smallest absolute Gasteiger partial charge is 0.190 e. The van der Waals surface area contributed by atoms with Crippen LogP contribution >= 0.6 is 0 Å². The highest BCUT2D eigenvalue weighted by Crippen LogP contribution is 2.14. The molecule has 0 radical (unpaired) electrons. The summed E-state index contributed by atoms with van der Waals surface area (Å²) in [6.07, 6.45) is 3.44. The van der Waals surface area contributed by atoms with Crippen LogP contribution in [0.2, 0.25) is 0 Å². The third-order valence-electron chi connectivity index (χ3n) is 2.10. The lowest BCUT2D eigenvalue weighted by Gasteiger charge is -2.12. The minimum absolute atomic E-state index is 0.211. The summed E-state index contributed by atoms with van der Waals surface area (Å²) < 4.78 is 4.88. The molecular weight excluding hydrogens is 154 g/mol. The molecule has 0 spiro atoms. The van der Waals surface area contributed by atoms with Crippen molar-refractivity contribution >= 4 is 6.21 Å². The van der Waals surface area contributed by atoms with Crippen molar-refractivity contribution in [3.63, 3.8) is 0 Å². The van der Waals surface area contributed by atoms with E-state index in [1.54, 1.807) is 0 Å². The molecule has 1 unspecified atom stereocenters. The van der Waals surface area contributed by atoms with E-state index in [2.05, 4.69) is 5.32 Å². The van der Waals surface area contributed by atoms with E-state index in [9.17, 15) is 0 Å². The molecule has 0 aromatic heterocycles. The molecule has 4 heteroatoms. The van der Waals surface area contributed by atoms with Crippen LogP contribution in [0.25, 0.3) is 0 Å². The van der Waals surface area contributed by atoms with Crippen molar-refractivity contribution in [2.24, 2.45) is 5.73 Å². The Morgan fingerprint density at radius 1 is 1.75 bits per heavy atom. The maximum absolute atomic E-state index is 7.18. The van der Waals surface area contributed by atoms with Gasteiger partial charge in [0.1, 0.15) is 0 Å². The normalized spacial score (nSPS) is 24.9. The molecule has 1 saturated heterocycles. The van der Waals surface area contributed by atoms with Gasteiger partial charge in [-0.05, 0) is 19.4 Å². The molecule has 1 aliphatic heterocycles. The van der Waals surface area contributed by atoms with Crippen molar-refractivity contribution in [2.45, 2.75) is 18.9 Å². The molecule has 0 aromatic carbocycles. The SMILES string of the molecule is COC(N)=C(C=N)C1CCCN1. The average Bonchev–Trinajstić information content (AvgIpc) is 2.58. The quantitative estimate of drug-likeness (QED) is 0.417. The molecule has 0 bridgehead atoms. The fourth-order valence-corrected chi connectivity index (χ4v) is 1.41. The highest BCUT2D eigenvalue weighted by Gasteiger charge is 2.19. The van der Waals surface area contributed by atoms with Crippen LogP contribution in [0.1, 0.15) is 12.8 Å². The van der Waals surface area contributed by atoms with E-state index in [4.69, 9.17) is 15.9 Å². The van der Waals surface area contributed by atoms with Crippen LogP contribution in [0.15, 0.2) is 11.5 Å². The lowest BCUT2D eigenvalue weighted by Crippen LogP contribution is -2.27. The molecule has 1 fully saturated rings. The number of ether oxygens (including phenoxy) is 1.